The van der Waals surface area contributed by atoms with E-state index in [-0.39, 0.29) is 11.6 Å². The van der Waals surface area contributed by atoms with Crippen LogP contribution in [0.3, 0.4) is 0 Å². The summed E-state index contributed by atoms with van der Waals surface area (Å²) in [5.41, 5.74) is 2.79. The lowest BCUT2D eigenvalue weighted by Gasteiger charge is -2.11. The molecule has 0 spiro atoms. The number of imidazole rings is 1. The second-order valence-electron chi connectivity index (χ2n) is 5.58. The number of hydrogen-bond acceptors (Lipinski definition) is 3. The Morgan fingerprint density at radius 2 is 2.12 bits per heavy atom. The number of halogens is 1. The van der Waals surface area contributed by atoms with E-state index in [2.05, 4.69) is 15.1 Å². The molecule has 0 radical (unpaired) electrons. The molecular weight excluding hydrogens is 326 g/mol. The van der Waals surface area contributed by atoms with Crippen molar-refractivity contribution in [3.63, 3.8) is 0 Å². The number of benzene rings is 1. The van der Waals surface area contributed by atoms with E-state index in [0.29, 0.717) is 16.4 Å². The fourth-order valence-corrected chi connectivity index (χ4v) is 2.87. The predicted molar refractivity (Wildman–Crippen MR) is 92.3 cm³/mol. The van der Waals surface area contributed by atoms with Crippen molar-refractivity contribution >= 4 is 17.2 Å². The van der Waals surface area contributed by atoms with Gasteiger partial charge in [0.1, 0.15) is 0 Å². The molecule has 0 aliphatic heterocycles. The predicted octanol–water partition coefficient (Wildman–Crippen LogP) is 3.15. The number of aromatic nitrogens is 5. The van der Waals surface area contributed by atoms with Gasteiger partial charge in [0, 0.05) is 35.1 Å². The Hall–Kier alpha value is -2.86. The Kier molecular flexibility index (Phi) is 3.46. The minimum Gasteiger partial charge on any atom is -0.329 e. The molecule has 0 amide bonds. The zero-order valence-electron chi connectivity index (χ0n) is 12.8. The van der Waals surface area contributed by atoms with Gasteiger partial charge in [-0.3, -0.25) is 9.89 Å². The van der Waals surface area contributed by atoms with E-state index in [1.807, 2.05) is 48.0 Å². The van der Waals surface area contributed by atoms with Crippen molar-refractivity contribution in [3.05, 3.63) is 76.2 Å². The summed E-state index contributed by atoms with van der Waals surface area (Å²) in [7, 11) is 0. The van der Waals surface area contributed by atoms with Gasteiger partial charge in [0.25, 0.3) is 5.56 Å². The van der Waals surface area contributed by atoms with E-state index >= 15 is 0 Å². The average Bonchev–Trinajstić information content (AvgIpc) is 3.24. The third-order valence-electron chi connectivity index (χ3n) is 4.01. The standard InChI is InChI=1S/C17H14ClN5O/c1-11(22-6-5-19-10-22)14-9-17(24)23-16(20-14)8-15(21-23)12-3-2-4-13(18)7-12/h2-11,21H,1H3/t11-/m0/s1. The van der Waals surface area contributed by atoms with Crippen molar-refractivity contribution in [2.45, 2.75) is 13.0 Å². The van der Waals surface area contributed by atoms with Crippen LogP contribution in [0.25, 0.3) is 16.9 Å². The van der Waals surface area contributed by atoms with E-state index in [4.69, 9.17) is 11.6 Å². The Morgan fingerprint density at radius 1 is 1.25 bits per heavy atom. The molecule has 0 unspecified atom stereocenters. The summed E-state index contributed by atoms with van der Waals surface area (Å²) in [6, 6.07) is 10.8. The second kappa shape index (κ2) is 5.65. The number of aromatic amines is 1. The third kappa shape index (κ3) is 2.51. The highest BCUT2D eigenvalue weighted by atomic mass is 35.5. The van der Waals surface area contributed by atoms with Gasteiger partial charge in [0.05, 0.1) is 23.8 Å². The molecule has 0 aliphatic rings. The Bertz CT molecular complexity index is 1060. The number of rotatable bonds is 3. The molecule has 0 saturated heterocycles. The minimum absolute atomic E-state index is 0.0743. The first kappa shape index (κ1) is 14.7. The molecule has 3 aromatic heterocycles. The van der Waals surface area contributed by atoms with Crippen molar-refractivity contribution in [1.82, 2.24) is 24.1 Å². The van der Waals surface area contributed by atoms with Crippen molar-refractivity contribution in [1.29, 1.82) is 0 Å². The van der Waals surface area contributed by atoms with E-state index in [1.54, 1.807) is 12.5 Å². The van der Waals surface area contributed by atoms with Gasteiger partial charge in [-0.1, -0.05) is 23.7 Å². The molecule has 6 nitrogen and oxygen atoms in total. The van der Waals surface area contributed by atoms with Gasteiger partial charge in [-0.15, -0.1) is 0 Å². The highest BCUT2D eigenvalue weighted by Crippen LogP contribution is 2.22. The molecule has 24 heavy (non-hydrogen) atoms. The summed E-state index contributed by atoms with van der Waals surface area (Å²) < 4.78 is 3.34. The van der Waals surface area contributed by atoms with Crippen LogP contribution in [-0.4, -0.2) is 24.1 Å². The number of nitrogens with one attached hydrogen (secondary N) is 1. The van der Waals surface area contributed by atoms with Crippen LogP contribution in [0.4, 0.5) is 0 Å². The number of fused-ring (bicyclic) bond motifs is 1. The van der Waals surface area contributed by atoms with Crippen LogP contribution in [0.15, 0.2) is 59.9 Å². The van der Waals surface area contributed by atoms with Crippen molar-refractivity contribution in [2.75, 3.05) is 0 Å². The fourth-order valence-electron chi connectivity index (χ4n) is 2.68. The van der Waals surface area contributed by atoms with Gasteiger partial charge < -0.3 is 4.57 Å². The van der Waals surface area contributed by atoms with Crippen LogP contribution in [0.5, 0.6) is 0 Å². The zero-order chi connectivity index (χ0) is 16.7. The molecule has 4 aromatic rings. The monoisotopic (exact) mass is 339 g/mol. The summed E-state index contributed by atoms with van der Waals surface area (Å²) in [5, 5.41) is 3.71. The van der Waals surface area contributed by atoms with Gasteiger partial charge in [-0.25, -0.2) is 14.5 Å². The molecule has 0 bridgehead atoms. The van der Waals surface area contributed by atoms with Crippen molar-refractivity contribution < 1.29 is 0 Å². The van der Waals surface area contributed by atoms with E-state index in [9.17, 15) is 4.79 Å². The van der Waals surface area contributed by atoms with Gasteiger partial charge >= 0.3 is 0 Å². The number of nitrogens with zero attached hydrogens (tertiary/aromatic N) is 4. The maximum atomic E-state index is 12.4. The lowest BCUT2D eigenvalue weighted by molar-refractivity contribution is 0.617. The van der Waals surface area contributed by atoms with Crippen LogP contribution in [0.2, 0.25) is 5.02 Å². The summed E-state index contributed by atoms with van der Waals surface area (Å²) in [5.74, 6) is 0. The molecule has 1 aromatic carbocycles. The molecule has 7 heteroatoms. The van der Waals surface area contributed by atoms with E-state index in [0.717, 1.165) is 11.3 Å². The SMILES string of the molecule is C[C@@H](c1cc(=O)n2[nH]c(-c3cccc(Cl)c3)cc2n1)n1ccnc1. The Morgan fingerprint density at radius 3 is 2.88 bits per heavy atom. The molecule has 120 valence electrons. The maximum Gasteiger partial charge on any atom is 0.272 e. The molecule has 0 saturated carbocycles. The lowest BCUT2D eigenvalue weighted by Crippen LogP contribution is -2.18. The van der Waals surface area contributed by atoms with Crippen LogP contribution < -0.4 is 5.56 Å². The molecule has 3 heterocycles. The van der Waals surface area contributed by atoms with Crippen LogP contribution in [-0.2, 0) is 0 Å². The summed E-state index contributed by atoms with van der Waals surface area (Å²) >= 11 is 6.04. The van der Waals surface area contributed by atoms with E-state index in [1.165, 1.54) is 10.6 Å². The van der Waals surface area contributed by atoms with Gasteiger partial charge in [-0.05, 0) is 19.1 Å². The highest BCUT2D eigenvalue weighted by molar-refractivity contribution is 6.30. The first-order chi connectivity index (χ1) is 11.6. The molecule has 1 N–H and O–H groups in total. The largest absolute Gasteiger partial charge is 0.329 e. The van der Waals surface area contributed by atoms with Gasteiger partial charge in [0.15, 0.2) is 5.65 Å². The first-order valence-electron chi connectivity index (χ1n) is 7.48. The van der Waals surface area contributed by atoms with Crippen LogP contribution in [0, 0.1) is 0 Å². The molecule has 4 rings (SSSR count). The first-order valence-corrected chi connectivity index (χ1v) is 7.86. The summed E-state index contributed by atoms with van der Waals surface area (Å²) in [4.78, 5) is 21.1. The lowest BCUT2D eigenvalue weighted by atomic mass is 10.1. The molecular formula is C17H14ClN5O. The Labute approximate surface area is 142 Å². The summed E-state index contributed by atoms with van der Waals surface area (Å²) in [6.07, 6.45) is 5.26. The third-order valence-corrected chi connectivity index (χ3v) is 4.24. The van der Waals surface area contributed by atoms with Gasteiger partial charge in [-0.2, -0.15) is 0 Å². The quantitative estimate of drug-likeness (QED) is 0.623. The van der Waals surface area contributed by atoms with Crippen molar-refractivity contribution in [2.24, 2.45) is 0 Å². The highest BCUT2D eigenvalue weighted by Gasteiger charge is 2.13. The van der Waals surface area contributed by atoms with Crippen LogP contribution >= 0.6 is 11.6 Å². The molecule has 0 aliphatic carbocycles. The maximum absolute atomic E-state index is 12.4. The fraction of sp³-hybridized carbons (Fsp3) is 0.118. The normalized spacial score (nSPS) is 12.6. The van der Waals surface area contributed by atoms with Gasteiger partial charge in [0.2, 0.25) is 0 Å². The van der Waals surface area contributed by atoms with Crippen molar-refractivity contribution in [3.8, 4) is 11.3 Å². The smallest absolute Gasteiger partial charge is 0.272 e. The summed E-state index contributed by atoms with van der Waals surface area (Å²) in [6.45, 7) is 1.98. The van der Waals surface area contributed by atoms with E-state index < -0.39 is 0 Å². The minimum atomic E-state index is -0.157. The topological polar surface area (TPSA) is 68.0 Å². The Balaban J connectivity index is 1.83. The second-order valence-corrected chi connectivity index (χ2v) is 6.02. The molecule has 0 fully saturated rings. The number of hydrogen-bond donors (Lipinski definition) is 1. The zero-order valence-corrected chi connectivity index (χ0v) is 13.6. The number of H-pyrrole nitrogens is 1. The molecule has 1 atom stereocenters. The average molecular weight is 340 g/mol. The van der Waals surface area contributed by atoms with Crippen LogP contribution in [0.1, 0.15) is 18.7 Å².